The van der Waals surface area contributed by atoms with Gasteiger partial charge in [0, 0.05) is 26.2 Å². The molecule has 1 N–H and O–H groups in total. The van der Waals surface area contributed by atoms with Crippen molar-refractivity contribution < 1.29 is 19.1 Å². The van der Waals surface area contributed by atoms with Crippen molar-refractivity contribution in [2.24, 2.45) is 0 Å². The Bertz CT molecular complexity index is 921. The largest absolute Gasteiger partial charge is 0.484 e. The maximum atomic E-state index is 12.6. The zero-order valence-corrected chi connectivity index (χ0v) is 18.0. The van der Waals surface area contributed by atoms with Crippen LogP contribution in [0.2, 0.25) is 0 Å². The minimum absolute atomic E-state index is 0.118. The smallest absolute Gasteiger partial charge is 0.337 e. The number of esters is 1. The average Bonchev–Trinajstić information content (AvgIpc) is 2.74. The van der Waals surface area contributed by atoms with Gasteiger partial charge in [-0.15, -0.1) is 0 Å². The highest BCUT2D eigenvalue weighted by Crippen LogP contribution is 2.29. The lowest BCUT2D eigenvalue weighted by Gasteiger charge is -2.35. The number of hydrogen-bond acceptors (Lipinski definition) is 6. The van der Waals surface area contributed by atoms with Gasteiger partial charge in [0.05, 0.1) is 24.0 Å². The number of anilines is 2. The van der Waals surface area contributed by atoms with Crippen LogP contribution in [-0.4, -0.2) is 63.7 Å². The maximum Gasteiger partial charge on any atom is 0.337 e. The Hall–Kier alpha value is -3.06. The maximum absolute atomic E-state index is 12.6. The molecule has 7 nitrogen and oxygen atoms in total. The molecule has 160 valence electrons. The summed E-state index contributed by atoms with van der Waals surface area (Å²) in [4.78, 5) is 29.0. The van der Waals surface area contributed by atoms with Crippen LogP contribution in [0.1, 0.15) is 21.5 Å². The molecule has 2 aromatic rings. The van der Waals surface area contributed by atoms with Crippen LogP contribution in [0.3, 0.4) is 0 Å². The number of likely N-dealkylation sites (N-methyl/N-ethyl adjacent to an activating group) is 1. The predicted octanol–water partition coefficient (Wildman–Crippen LogP) is 2.86. The number of piperazine rings is 1. The first-order valence-corrected chi connectivity index (χ1v) is 10.0. The van der Waals surface area contributed by atoms with E-state index >= 15 is 0 Å². The molecular weight excluding hydrogens is 382 g/mol. The van der Waals surface area contributed by atoms with Gasteiger partial charge in [-0.1, -0.05) is 6.07 Å². The van der Waals surface area contributed by atoms with Gasteiger partial charge in [-0.05, 0) is 62.4 Å². The Morgan fingerprint density at radius 3 is 2.40 bits per heavy atom. The number of hydrogen-bond donors (Lipinski definition) is 1. The van der Waals surface area contributed by atoms with E-state index in [1.54, 1.807) is 12.1 Å². The number of aryl methyl sites for hydroxylation is 2. The number of amides is 1. The standard InChI is InChI=1S/C23H29N3O4/c1-16-5-7-19(13-17(16)2)30-15-22(27)24-20-14-18(23(28)29-4)6-8-21(20)26-11-9-25(3)10-12-26/h5-8,13-14H,9-12,15H2,1-4H3,(H,24,27). The Labute approximate surface area is 177 Å². The number of benzene rings is 2. The predicted molar refractivity (Wildman–Crippen MR) is 118 cm³/mol. The molecule has 1 heterocycles. The number of nitrogens with zero attached hydrogens (tertiary/aromatic N) is 2. The third-order valence-corrected chi connectivity index (χ3v) is 5.38. The molecule has 0 atom stereocenters. The fourth-order valence-corrected chi connectivity index (χ4v) is 3.34. The molecule has 1 aliphatic heterocycles. The zero-order valence-electron chi connectivity index (χ0n) is 18.0. The Morgan fingerprint density at radius 1 is 1.00 bits per heavy atom. The minimum Gasteiger partial charge on any atom is -0.484 e. The highest BCUT2D eigenvalue weighted by atomic mass is 16.5. The van der Waals surface area contributed by atoms with E-state index in [0.29, 0.717) is 17.0 Å². The lowest BCUT2D eigenvalue weighted by molar-refractivity contribution is -0.118. The van der Waals surface area contributed by atoms with Crippen LogP contribution >= 0.6 is 0 Å². The molecule has 1 amide bonds. The third-order valence-electron chi connectivity index (χ3n) is 5.38. The molecule has 1 fully saturated rings. The first-order chi connectivity index (χ1) is 14.4. The second kappa shape index (κ2) is 9.63. The van der Waals surface area contributed by atoms with Crippen molar-refractivity contribution >= 4 is 23.3 Å². The van der Waals surface area contributed by atoms with Crippen molar-refractivity contribution in [3.8, 4) is 5.75 Å². The van der Waals surface area contributed by atoms with E-state index in [-0.39, 0.29) is 12.5 Å². The molecule has 0 aliphatic carbocycles. The summed E-state index contributed by atoms with van der Waals surface area (Å²) in [6.45, 7) is 7.46. The monoisotopic (exact) mass is 411 g/mol. The van der Waals surface area contributed by atoms with E-state index < -0.39 is 5.97 Å². The normalized spacial score (nSPS) is 14.3. The quantitative estimate of drug-likeness (QED) is 0.737. The number of ether oxygens (including phenoxy) is 2. The first kappa shape index (κ1) is 21.6. The summed E-state index contributed by atoms with van der Waals surface area (Å²) >= 11 is 0. The van der Waals surface area contributed by atoms with Gasteiger partial charge in [0.1, 0.15) is 5.75 Å². The van der Waals surface area contributed by atoms with Crippen molar-refractivity contribution in [3.05, 3.63) is 53.1 Å². The molecule has 2 aromatic carbocycles. The Kier molecular flexibility index (Phi) is 6.95. The molecule has 7 heteroatoms. The summed E-state index contributed by atoms with van der Waals surface area (Å²) in [6.07, 6.45) is 0. The summed E-state index contributed by atoms with van der Waals surface area (Å²) in [6, 6.07) is 11.0. The van der Waals surface area contributed by atoms with Crippen LogP contribution in [0.15, 0.2) is 36.4 Å². The number of nitrogens with one attached hydrogen (secondary N) is 1. The zero-order chi connectivity index (χ0) is 21.7. The van der Waals surface area contributed by atoms with Crippen LogP contribution < -0.4 is 15.0 Å². The van der Waals surface area contributed by atoms with Gasteiger partial charge in [-0.3, -0.25) is 4.79 Å². The van der Waals surface area contributed by atoms with Crippen LogP contribution in [0.4, 0.5) is 11.4 Å². The molecule has 0 radical (unpaired) electrons. The van der Waals surface area contributed by atoms with Gasteiger partial charge in [0.15, 0.2) is 6.61 Å². The fraction of sp³-hybridized carbons (Fsp3) is 0.391. The van der Waals surface area contributed by atoms with Gasteiger partial charge < -0.3 is 24.6 Å². The lowest BCUT2D eigenvalue weighted by Crippen LogP contribution is -2.44. The summed E-state index contributed by atoms with van der Waals surface area (Å²) in [5.74, 6) is -0.0803. The van der Waals surface area contributed by atoms with E-state index in [1.807, 2.05) is 38.1 Å². The van der Waals surface area contributed by atoms with Crippen LogP contribution in [0.5, 0.6) is 5.75 Å². The molecule has 0 saturated carbocycles. The molecule has 1 saturated heterocycles. The molecule has 0 aromatic heterocycles. The Morgan fingerprint density at radius 2 is 1.73 bits per heavy atom. The summed E-state index contributed by atoms with van der Waals surface area (Å²) in [5.41, 5.74) is 4.13. The molecular formula is C23H29N3O4. The van der Waals surface area contributed by atoms with E-state index in [2.05, 4.69) is 22.2 Å². The highest BCUT2D eigenvalue weighted by Gasteiger charge is 2.20. The second-order valence-corrected chi connectivity index (χ2v) is 7.60. The fourth-order valence-electron chi connectivity index (χ4n) is 3.34. The summed E-state index contributed by atoms with van der Waals surface area (Å²) in [5, 5.41) is 2.91. The van der Waals surface area contributed by atoms with Crippen molar-refractivity contribution in [1.82, 2.24) is 4.90 Å². The molecule has 3 rings (SSSR count). The molecule has 0 bridgehead atoms. The molecule has 0 spiro atoms. The number of methoxy groups -OCH3 is 1. The minimum atomic E-state index is -0.443. The van der Waals surface area contributed by atoms with Crippen molar-refractivity contribution in [1.29, 1.82) is 0 Å². The van der Waals surface area contributed by atoms with E-state index in [0.717, 1.165) is 37.4 Å². The van der Waals surface area contributed by atoms with Gasteiger partial charge >= 0.3 is 5.97 Å². The van der Waals surface area contributed by atoms with E-state index in [4.69, 9.17) is 9.47 Å². The topological polar surface area (TPSA) is 71.1 Å². The van der Waals surface area contributed by atoms with E-state index in [9.17, 15) is 9.59 Å². The van der Waals surface area contributed by atoms with Gasteiger partial charge in [0.2, 0.25) is 0 Å². The number of carbonyl (C=O) groups is 2. The molecule has 1 aliphatic rings. The highest BCUT2D eigenvalue weighted by molar-refractivity contribution is 5.98. The van der Waals surface area contributed by atoms with Crippen molar-refractivity contribution in [3.63, 3.8) is 0 Å². The number of carbonyl (C=O) groups excluding carboxylic acids is 2. The van der Waals surface area contributed by atoms with Gasteiger partial charge in [-0.25, -0.2) is 4.79 Å². The second-order valence-electron chi connectivity index (χ2n) is 7.60. The third kappa shape index (κ3) is 5.30. The molecule has 30 heavy (non-hydrogen) atoms. The van der Waals surface area contributed by atoms with Gasteiger partial charge in [-0.2, -0.15) is 0 Å². The van der Waals surface area contributed by atoms with Gasteiger partial charge in [0.25, 0.3) is 5.91 Å². The molecule has 0 unspecified atom stereocenters. The Balaban J connectivity index is 1.74. The SMILES string of the molecule is COC(=O)c1ccc(N2CCN(C)CC2)c(NC(=O)COc2ccc(C)c(C)c2)c1. The summed E-state index contributed by atoms with van der Waals surface area (Å²) in [7, 11) is 3.43. The first-order valence-electron chi connectivity index (χ1n) is 10.0. The van der Waals surface area contributed by atoms with Crippen LogP contribution in [0, 0.1) is 13.8 Å². The van der Waals surface area contributed by atoms with E-state index in [1.165, 1.54) is 12.7 Å². The number of rotatable bonds is 6. The van der Waals surface area contributed by atoms with Crippen LogP contribution in [0.25, 0.3) is 0 Å². The van der Waals surface area contributed by atoms with Crippen molar-refractivity contribution in [2.45, 2.75) is 13.8 Å². The summed E-state index contributed by atoms with van der Waals surface area (Å²) < 4.78 is 10.5. The lowest BCUT2D eigenvalue weighted by atomic mass is 10.1. The van der Waals surface area contributed by atoms with Crippen LogP contribution in [-0.2, 0) is 9.53 Å². The van der Waals surface area contributed by atoms with Crippen molar-refractivity contribution in [2.75, 3.05) is 57.2 Å². The average molecular weight is 412 g/mol.